The molecule has 0 bridgehead atoms. The Labute approximate surface area is 246 Å². The normalized spacial score (nSPS) is 23.6. The number of fused-ring (bicyclic) bond motifs is 1. The molecule has 41 heavy (non-hydrogen) atoms. The van der Waals surface area contributed by atoms with E-state index in [4.69, 9.17) is 11.6 Å². The number of rotatable bonds is 7. The first-order chi connectivity index (χ1) is 19.8. The predicted octanol–water partition coefficient (Wildman–Crippen LogP) is 6.05. The van der Waals surface area contributed by atoms with Crippen LogP contribution in [0.2, 0.25) is 5.02 Å². The zero-order valence-electron chi connectivity index (χ0n) is 23.4. The molecule has 6 nitrogen and oxygen atoms in total. The summed E-state index contributed by atoms with van der Waals surface area (Å²) in [6.45, 7) is 8.60. The number of nitriles is 1. The van der Waals surface area contributed by atoms with Crippen molar-refractivity contribution >= 4 is 23.4 Å². The highest BCUT2D eigenvalue weighted by molar-refractivity contribution is 6.30. The molecule has 3 aliphatic rings. The molecule has 0 radical (unpaired) electrons. The van der Waals surface area contributed by atoms with Gasteiger partial charge in [0.05, 0.1) is 0 Å². The van der Waals surface area contributed by atoms with Crippen LogP contribution in [-0.4, -0.2) is 58.7 Å². The highest BCUT2D eigenvalue weighted by Crippen LogP contribution is 2.45. The highest BCUT2D eigenvalue weighted by Gasteiger charge is 2.46. The summed E-state index contributed by atoms with van der Waals surface area (Å²) >= 11 is 5.99. The topological polar surface area (TPSA) is 67.6 Å². The standard InChI is InChI=1S/C33H36ClFN4O2/c1-3-22(2)18-24-6-13-28-30(19-24)39(21-23-4-11-27(35)12-5-23)33(41)29(20-36)31(28)37-14-16-38(17-15-37)32(40)25-7-9-26(34)10-8-25/h3-5,7-12,22,24,28,30H,1,6,13-19,21H2,2H3. The van der Waals surface area contributed by atoms with Crippen LogP contribution in [0.15, 0.2) is 72.5 Å². The van der Waals surface area contributed by atoms with E-state index >= 15 is 0 Å². The third-order valence-corrected chi connectivity index (χ3v) is 9.14. The van der Waals surface area contributed by atoms with Crippen LogP contribution in [0.1, 0.15) is 48.5 Å². The molecule has 8 heteroatoms. The van der Waals surface area contributed by atoms with E-state index in [-0.39, 0.29) is 35.2 Å². The van der Waals surface area contributed by atoms with Gasteiger partial charge in [0.25, 0.3) is 11.8 Å². The summed E-state index contributed by atoms with van der Waals surface area (Å²) in [5, 5.41) is 10.9. The molecular formula is C33H36ClFN4O2. The maximum absolute atomic E-state index is 14.0. The van der Waals surface area contributed by atoms with Crippen molar-refractivity contribution in [2.75, 3.05) is 26.2 Å². The van der Waals surface area contributed by atoms with Gasteiger partial charge in [0.1, 0.15) is 17.5 Å². The molecule has 214 valence electrons. The molecule has 0 spiro atoms. The lowest BCUT2D eigenvalue weighted by atomic mass is 9.70. The number of amides is 2. The van der Waals surface area contributed by atoms with Crippen LogP contribution in [0.25, 0.3) is 0 Å². The second kappa shape index (κ2) is 12.5. The fourth-order valence-electron chi connectivity index (χ4n) is 6.72. The molecule has 2 heterocycles. The van der Waals surface area contributed by atoms with Crippen LogP contribution in [0.4, 0.5) is 4.39 Å². The number of benzene rings is 2. The van der Waals surface area contributed by atoms with Crippen molar-refractivity contribution < 1.29 is 14.0 Å². The van der Waals surface area contributed by atoms with Gasteiger partial charge in [-0.15, -0.1) is 6.58 Å². The molecule has 1 saturated carbocycles. The van der Waals surface area contributed by atoms with Crippen molar-refractivity contribution in [2.24, 2.45) is 17.8 Å². The second-order valence-electron chi connectivity index (χ2n) is 11.5. The second-order valence-corrected chi connectivity index (χ2v) is 12.0. The molecule has 2 amide bonds. The molecule has 2 aromatic carbocycles. The van der Waals surface area contributed by atoms with E-state index in [0.717, 1.165) is 36.9 Å². The van der Waals surface area contributed by atoms with E-state index in [1.807, 2.05) is 15.9 Å². The molecule has 5 rings (SSSR count). The van der Waals surface area contributed by atoms with Crippen LogP contribution >= 0.6 is 11.6 Å². The first-order valence-corrected chi connectivity index (χ1v) is 14.8. The third kappa shape index (κ3) is 6.18. The Morgan fingerprint density at radius 1 is 1.12 bits per heavy atom. The first kappa shape index (κ1) is 28.9. The molecule has 1 saturated heterocycles. The molecule has 4 atom stereocenters. The van der Waals surface area contributed by atoms with E-state index in [0.29, 0.717) is 55.1 Å². The van der Waals surface area contributed by atoms with Gasteiger partial charge < -0.3 is 14.7 Å². The van der Waals surface area contributed by atoms with Crippen LogP contribution < -0.4 is 0 Å². The van der Waals surface area contributed by atoms with E-state index in [1.54, 1.807) is 36.4 Å². The van der Waals surface area contributed by atoms with Crippen molar-refractivity contribution in [3.63, 3.8) is 0 Å². The lowest BCUT2D eigenvalue weighted by Crippen LogP contribution is -2.57. The van der Waals surface area contributed by atoms with Gasteiger partial charge in [-0.1, -0.05) is 36.7 Å². The third-order valence-electron chi connectivity index (χ3n) is 8.89. The minimum atomic E-state index is -0.318. The highest BCUT2D eigenvalue weighted by atomic mass is 35.5. The molecule has 0 aromatic heterocycles. The number of hydrogen-bond acceptors (Lipinski definition) is 4. The van der Waals surface area contributed by atoms with E-state index < -0.39 is 0 Å². The molecule has 2 aromatic rings. The van der Waals surface area contributed by atoms with Crippen LogP contribution in [0.3, 0.4) is 0 Å². The average molecular weight is 575 g/mol. The van der Waals surface area contributed by atoms with Gasteiger partial charge in [0.15, 0.2) is 0 Å². The van der Waals surface area contributed by atoms with Crippen LogP contribution in [-0.2, 0) is 11.3 Å². The number of piperazine rings is 1. The lowest BCUT2D eigenvalue weighted by Gasteiger charge is -2.50. The quantitative estimate of drug-likeness (QED) is 0.377. The summed E-state index contributed by atoms with van der Waals surface area (Å²) in [4.78, 5) is 32.9. The van der Waals surface area contributed by atoms with Gasteiger partial charge in [-0.2, -0.15) is 5.26 Å². The number of nitrogens with zero attached hydrogens (tertiary/aromatic N) is 4. The monoisotopic (exact) mass is 574 g/mol. The Kier molecular flexibility index (Phi) is 8.79. The number of carbonyl (C=O) groups excluding carboxylic acids is 2. The maximum atomic E-state index is 14.0. The van der Waals surface area contributed by atoms with Gasteiger partial charge >= 0.3 is 0 Å². The molecule has 2 fully saturated rings. The summed E-state index contributed by atoms with van der Waals surface area (Å²) in [7, 11) is 0. The fraction of sp³-hybridized carbons (Fsp3) is 0.424. The number of halogens is 2. The van der Waals surface area contributed by atoms with E-state index in [2.05, 4.69) is 24.5 Å². The van der Waals surface area contributed by atoms with Gasteiger partial charge in [0.2, 0.25) is 0 Å². The van der Waals surface area contributed by atoms with Gasteiger partial charge in [0, 0.05) is 61.0 Å². The number of carbonyl (C=O) groups is 2. The predicted molar refractivity (Wildman–Crippen MR) is 157 cm³/mol. The van der Waals surface area contributed by atoms with Crippen molar-refractivity contribution in [3.05, 3.63) is 94.4 Å². The van der Waals surface area contributed by atoms with Gasteiger partial charge in [-0.3, -0.25) is 9.59 Å². The Balaban J connectivity index is 1.40. The van der Waals surface area contributed by atoms with Crippen molar-refractivity contribution in [1.82, 2.24) is 14.7 Å². The summed E-state index contributed by atoms with van der Waals surface area (Å²) in [5.74, 6) is 0.252. The smallest absolute Gasteiger partial charge is 0.266 e. The Morgan fingerprint density at radius 2 is 1.80 bits per heavy atom. The zero-order chi connectivity index (χ0) is 29.1. The molecule has 4 unspecified atom stereocenters. The zero-order valence-corrected chi connectivity index (χ0v) is 24.2. The van der Waals surface area contributed by atoms with Crippen molar-refractivity contribution in [1.29, 1.82) is 5.26 Å². The molecular weight excluding hydrogens is 539 g/mol. The minimum absolute atomic E-state index is 0.0385. The largest absolute Gasteiger partial charge is 0.370 e. The minimum Gasteiger partial charge on any atom is -0.370 e. The van der Waals surface area contributed by atoms with Gasteiger partial charge in [-0.05, 0) is 79.5 Å². The van der Waals surface area contributed by atoms with Crippen molar-refractivity contribution in [3.8, 4) is 6.07 Å². The fourth-order valence-corrected chi connectivity index (χ4v) is 6.84. The van der Waals surface area contributed by atoms with E-state index in [1.165, 1.54) is 12.1 Å². The van der Waals surface area contributed by atoms with Crippen LogP contribution in [0, 0.1) is 34.9 Å². The Morgan fingerprint density at radius 3 is 2.44 bits per heavy atom. The molecule has 1 aliphatic carbocycles. The van der Waals surface area contributed by atoms with Crippen LogP contribution in [0.5, 0.6) is 0 Å². The molecule has 0 N–H and O–H groups in total. The van der Waals surface area contributed by atoms with Crippen molar-refractivity contribution in [2.45, 2.75) is 45.2 Å². The van der Waals surface area contributed by atoms with Gasteiger partial charge in [-0.25, -0.2) is 4.39 Å². The number of allylic oxidation sites excluding steroid dienone is 1. The summed E-state index contributed by atoms with van der Waals surface area (Å²) in [5.41, 5.74) is 2.47. The maximum Gasteiger partial charge on any atom is 0.266 e. The van der Waals surface area contributed by atoms with E-state index in [9.17, 15) is 19.2 Å². The SMILES string of the molecule is C=CC(C)CC1CCC2C(N3CCN(C(=O)c4ccc(Cl)cc4)CC3)=C(C#N)C(=O)N(Cc3ccc(F)cc3)C2C1. The average Bonchev–Trinajstić information content (AvgIpc) is 2.99. The summed E-state index contributed by atoms with van der Waals surface area (Å²) in [6.07, 6.45) is 5.76. The summed E-state index contributed by atoms with van der Waals surface area (Å²) < 4.78 is 13.6. The number of hydrogen-bond donors (Lipinski definition) is 0. The Bertz CT molecular complexity index is 1360. The molecule has 2 aliphatic heterocycles. The first-order valence-electron chi connectivity index (χ1n) is 14.4. The lowest BCUT2D eigenvalue weighted by molar-refractivity contribution is -0.134. The summed E-state index contributed by atoms with van der Waals surface area (Å²) in [6, 6.07) is 15.3. The Hall–Kier alpha value is -3.63.